The molecule has 1 fully saturated rings. The Hall–Kier alpha value is -2.96. The predicted molar refractivity (Wildman–Crippen MR) is 110 cm³/mol. The molecule has 0 spiro atoms. The third kappa shape index (κ3) is 4.47. The molecule has 0 saturated carbocycles. The number of allylic oxidation sites excluding steroid dienone is 3. The van der Waals surface area contributed by atoms with Crippen LogP contribution in [0, 0.1) is 5.92 Å². The molecule has 0 bridgehead atoms. The second-order valence-corrected chi connectivity index (χ2v) is 6.89. The van der Waals surface area contributed by atoms with Gasteiger partial charge in [-0.05, 0) is 31.4 Å². The summed E-state index contributed by atoms with van der Waals surface area (Å²) in [5.41, 5.74) is 0.898. The van der Waals surface area contributed by atoms with E-state index in [0.717, 1.165) is 37.3 Å². The van der Waals surface area contributed by atoms with Crippen LogP contribution in [0.4, 0.5) is 5.82 Å². The van der Waals surface area contributed by atoms with Crippen LogP contribution < -0.4 is 9.64 Å². The molecule has 1 atom stereocenters. The Kier molecular flexibility index (Phi) is 6.57. The van der Waals surface area contributed by atoms with Gasteiger partial charge in [0.15, 0.2) is 5.82 Å². The first-order chi connectivity index (χ1) is 13.6. The molecule has 0 radical (unpaired) electrons. The Balaban J connectivity index is 1.58. The van der Waals surface area contributed by atoms with Crippen molar-refractivity contribution in [1.29, 1.82) is 0 Å². The van der Waals surface area contributed by atoms with Gasteiger partial charge in [-0.25, -0.2) is 5.01 Å². The van der Waals surface area contributed by atoms with Crippen molar-refractivity contribution in [2.75, 3.05) is 25.1 Å². The Morgan fingerprint density at radius 1 is 1.25 bits per heavy atom. The number of carbonyl (C=O) groups is 1. The van der Waals surface area contributed by atoms with Gasteiger partial charge in [-0.3, -0.25) is 4.79 Å². The number of methoxy groups -OCH3 is 1. The molecule has 7 nitrogen and oxygen atoms in total. The van der Waals surface area contributed by atoms with Crippen molar-refractivity contribution >= 4 is 17.9 Å². The number of anilines is 1. The van der Waals surface area contributed by atoms with Gasteiger partial charge in [0.1, 0.15) is 0 Å². The number of ether oxygens (including phenoxy) is 1. The van der Waals surface area contributed by atoms with Crippen molar-refractivity contribution in [3.05, 3.63) is 48.6 Å². The first kappa shape index (κ1) is 19.8. The lowest BCUT2D eigenvalue weighted by Gasteiger charge is -2.34. The number of piperidine rings is 1. The standard InChI is InChI=1S/C21H27N5O2/c1-4-5-6-7-16(2)18-10-13-22-26(18)21(27)17-11-14-25(15-12-17)19-8-9-20(28-3)24-23-19/h4-9,13,17-18H,2,10-12,14-15H2,1,3H3/b5-4-,7-6-/t18-/m0/s1. The number of amides is 1. The third-order valence-corrected chi connectivity index (χ3v) is 5.10. The summed E-state index contributed by atoms with van der Waals surface area (Å²) in [5, 5.41) is 14.2. The van der Waals surface area contributed by atoms with Gasteiger partial charge < -0.3 is 9.64 Å². The number of carbonyl (C=O) groups excluding carboxylic acids is 1. The average Bonchev–Trinajstić information content (AvgIpc) is 3.23. The summed E-state index contributed by atoms with van der Waals surface area (Å²) < 4.78 is 5.05. The maximum Gasteiger partial charge on any atom is 0.246 e. The molecule has 0 aliphatic carbocycles. The molecule has 148 valence electrons. The van der Waals surface area contributed by atoms with Gasteiger partial charge >= 0.3 is 0 Å². The van der Waals surface area contributed by atoms with E-state index in [2.05, 4.69) is 26.8 Å². The van der Waals surface area contributed by atoms with E-state index in [1.165, 1.54) is 0 Å². The number of hydrogen-bond acceptors (Lipinski definition) is 6. The first-order valence-electron chi connectivity index (χ1n) is 9.60. The molecular formula is C21H27N5O2. The molecule has 0 N–H and O–H groups in total. The van der Waals surface area contributed by atoms with Crippen LogP contribution in [0.15, 0.2) is 53.7 Å². The molecule has 3 heterocycles. The molecule has 7 heteroatoms. The summed E-state index contributed by atoms with van der Waals surface area (Å²) in [4.78, 5) is 15.2. The third-order valence-electron chi connectivity index (χ3n) is 5.10. The minimum atomic E-state index is -0.0838. The lowest BCUT2D eigenvalue weighted by atomic mass is 9.94. The molecule has 3 rings (SSSR count). The Morgan fingerprint density at radius 3 is 2.68 bits per heavy atom. The van der Waals surface area contributed by atoms with Gasteiger partial charge in [0, 0.05) is 37.7 Å². The highest BCUT2D eigenvalue weighted by atomic mass is 16.5. The quantitative estimate of drug-likeness (QED) is 0.709. The predicted octanol–water partition coefficient (Wildman–Crippen LogP) is 2.98. The summed E-state index contributed by atoms with van der Waals surface area (Å²) in [7, 11) is 1.57. The maximum atomic E-state index is 13.0. The van der Waals surface area contributed by atoms with Crippen molar-refractivity contribution in [3.63, 3.8) is 0 Å². The van der Waals surface area contributed by atoms with Gasteiger partial charge in [-0.1, -0.05) is 30.9 Å². The fourth-order valence-corrected chi connectivity index (χ4v) is 3.47. The fourth-order valence-electron chi connectivity index (χ4n) is 3.47. The Morgan fingerprint density at radius 2 is 2.04 bits per heavy atom. The van der Waals surface area contributed by atoms with Crippen molar-refractivity contribution < 1.29 is 9.53 Å². The highest BCUT2D eigenvalue weighted by molar-refractivity contribution is 5.82. The van der Waals surface area contributed by atoms with Crippen LogP contribution in [0.5, 0.6) is 5.88 Å². The van der Waals surface area contributed by atoms with E-state index in [0.29, 0.717) is 12.3 Å². The molecule has 0 unspecified atom stereocenters. The number of hydrogen-bond donors (Lipinski definition) is 0. The average molecular weight is 381 g/mol. The van der Waals surface area contributed by atoms with E-state index in [-0.39, 0.29) is 17.9 Å². The lowest BCUT2D eigenvalue weighted by Crippen LogP contribution is -2.43. The van der Waals surface area contributed by atoms with Gasteiger partial charge in [-0.2, -0.15) is 5.10 Å². The lowest BCUT2D eigenvalue weighted by molar-refractivity contribution is -0.137. The number of aromatic nitrogens is 2. The Labute approximate surface area is 166 Å². The number of hydrazone groups is 1. The minimum Gasteiger partial charge on any atom is -0.480 e. The molecule has 1 saturated heterocycles. The monoisotopic (exact) mass is 381 g/mol. The smallest absolute Gasteiger partial charge is 0.246 e. The fraction of sp³-hybridized carbons (Fsp3) is 0.429. The maximum absolute atomic E-state index is 13.0. The normalized spacial score (nSPS) is 20.4. The topological polar surface area (TPSA) is 70.9 Å². The van der Waals surface area contributed by atoms with Crippen LogP contribution in [-0.2, 0) is 4.79 Å². The van der Waals surface area contributed by atoms with Crippen molar-refractivity contribution in [2.45, 2.75) is 32.2 Å². The van der Waals surface area contributed by atoms with Crippen LogP contribution in [0.2, 0.25) is 0 Å². The number of nitrogens with zero attached hydrogens (tertiary/aromatic N) is 5. The molecule has 1 aromatic rings. The Bertz CT molecular complexity index is 776. The largest absolute Gasteiger partial charge is 0.480 e. The van der Waals surface area contributed by atoms with E-state index in [1.54, 1.807) is 24.4 Å². The SMILES string of the molecule is C=C(/C=C\C=C/C)[C@@H]1CC=NN1C(=O)C1CCN(c2ccc(OC)nn2)CC1. The minimum absolute atomic E-state index is 0.0347. The number of rotatable bonds is 6. The second kappa shape index (κ2) is 9.30. The highest BCUT2D eigenvalue weighted by Gasteiger charge is 2.34. The summed E-state index contributed by atoms with van der Waals surface area (Å²) in [6.45, 7) is 7.62. The van der Waals surface area contributed by atoms with Gasteiger partial charge in [0.05, 0.1) is 13.2 Å². The van der Waals surface area contributed by atoms with E-state index in [9.17, 15) is 4.79 Å². The first-order valence-corrected chi connectivity index (χ1v) is 9.60. The highest BCUT2D eigenvalue weighted by Crippen LogP contribution is 2.27. The molecule has 2 aliphatic rings. The molecule has 28 heavy (non-hydrogen) atoms. The summed E-state index contributed by atoms with van der Waals surface area (Å²) >= 11 is 0. The van der Waals surface area contributed by atoms with Crippen molar-refractivity contribution in [3.8, 4) is 5.88 Å². The van der Waals surface area contributed by atoms with E-state index in [4.69, 9.17) is 4.74 Å². The van der Waals surface area contributed by atoms with Crippen LogP contribution in [0.1, 0.15) is 26.2 Å². The van der Waals surface area contributed by atoms with Gasteiger partial charge in [0.2, 0.25) is 11.8 Å². The second-order valence-electron chi connectivity index (χ2n) is 6.89. The van der Waals surface area contributed by atoms with E-state index < -0.39 is 0 Å². The zero-order valence-electron chi connectivity index (χ0n) is 16.5. The van der Waals surface area contributed by atoms with Crippen LogP contribution in [0.25, 0.3) is 0 Å². The van der Waals surface area contributed by atoms with Crippen molar-refractivity contribution in [2.24, 2.45) is 11.0 Å². The van der Waals surface area contributed by atoms with Crippen LogP contribution >= 0.6 is 0 Å². The van der Waals surface area contributed by atoms with Gasteiger partial charge in [-0.15, -0.1) is 10.2 Å². The summed E-state index contributed by atoms with van der Waals surface area (Å²) in [6.07, 6.45) is 11.9. The van der Waals surface area contributed by atoms with Crippen LogP contribution in [-0.4, -0.2) is 53.6 Å². The summed E-state index contributed by atoms with van der Waals surface area (Å²) in [6, 6.07) is 3.62. The zero-order chi connectivity index (χ0) is 19.9. The molecule has 0 aromatic carbocycles. The van der Waals surface area contributed by atoms with E-state index >= 15 is 0 Å². The van der Waals surface area contributed by atoms with E-state index in [1.807, 2.05) is 37.3 Å². The zero-order valence-corrected chi connectivity index (χ0v) is 16.5. The molecule has 2 aliphatic heterocycles. The summed E-state index contributed by atoms with van der Waals surface area (Å²) in [5.74, 6) is 1.36. The molecule has 1 amide bonds. The molecule has 1 aromatic heterocycles. The van der Waals surface area contributed by atoms with Crippen molar-refractivity contribution in [1.82, 2.24) is 15.2 Å². The van der Waals surface area contributed by atoms with Gasteiger partial charge in [0.25, 0.3) is 0 Å². The van der Waals surface area contributed by atoms with Crippen LogP contribution in [0.3, 0.4) is 0 Å². The molecular weight excluding hydrogens is 354 g/mol.